The number of hydrogen-bond acceptors (Lipinski definition) is 3. The average molecular weight is 250 g/mol. The summed E-state index contributed by atoms with van der Waals surface area (Å²) in [4.78, 5) is 0. The van der Waals surface area contributed by atoms with Gasteiger partial charge in [0.05, 0.1) is 12.7 Å². The van der Waals surface area contributed by atoms with Gasteiger partial charge in [-0.25, -0.2) is 0 Å². The molecule has 1 fully saturated rings. The molecule has 0 bridgehead atoms. The number of hydrogen-bond donors (Lipinski definition) is 1. The van der Waals surface area contributed by atoms with Crippen molar-refractivity contribution in [3.63, 3.8) is 0 Å². The predicted octanol–water partition coefficient (Wildman–Crippen LogP) is 3.01. The normalized spacial score (nSPS) is 26.0. The monoisotopic (exact) mass is 250 g/mol. The molecule has 3 heteroatoms. The van der Waals surface area contributed by atoms with E-state index in [0.29, 0.717) is 6.61 Å². The number of aliphatic hydroxyl groups excluding tert-OH is 1. The molecule has 0 radical (unpaired) electrons. The second-order valence-corrected chi connectivity index (χ2v) is 5.54. The van der Waals surface area contributed by atoms with Gasteiger partial charge in [0.25, 0.3) is 0 Å². The number of rotatable bonds is 4. The minimum absolute atomic E-state index is 0.0534. The summed E-state index contributed by atoms with van der Waals surface area (Å²) >= 11 is 0. The maximum atomic E-state index is 10.2. The molecule has 1 saturated carbocycles. The topological polar surface area (TPSA) is 38.7 Å². The summed E-state index contributed by atoms with van der Waals surface area (Å²) < 4.78 is 11.3. The van der Waals surface area contributed by atoms with Crippen LogP contribution in [-0.2, 0) is 0 Å². The maximum absolute atomic E-state index is 10.2. The molecule has 2 rings (SSSR count). The van der Waals surface area contributed by atoms with Crippen LogP contribution in [0.4, 0.5) is 0 Å². The minimum Gasteiger partial charge on any atom is -0.494 e. The number of aliphatic hydroxyl groups is 1. The van der Waals surface area contributed by atoms with Gasteiger partial charge in [0.1, 0.15) is 17.6 Å². The van der Waals surface area contributed by atoms with E-state index >= 15 is 0 Å². The zero-order chi connectivity index (χ0) is 13.2. The van der Waals surface area contributed by atoms with Crippen LogP contribution in [0.25, 0.3) is 0 Å². The molecule has 1 aliphatic carbocycles. The fraction of sp³-hybridized carbons (Fsp3) is 0.600. The average Bonchev–Trinajstić information content (AvgIpc) is 2.57. The Morgan fingerprint density at radius 1 is 1.33 bits per heavy atom. The van der Waals surface area contributed by atoms with Crippen LogP contribution in [0.3, 0.4) is 0 Å². The molecular formula is C15H22O3. The van der Waals surface area contributed by atoms with Crippen LogP contribution in [-0.4, -0.2) is 23.9 Å². The van der Waals surface area contributed by atoms with E-state index in [1.54, 1.807) is 0 Å². The quantitative estimate of drug-likeness (QED) is 0.892. The molecule has 2 atom stereocenters. The van der Waals surface area contributed by atoms with Crippen molar-refractivity contribution in [1.82, 2.24) is 0 Å². The Balaban J connectivity index is 2.04. The summed E-state index contributed by atoms with van der Waals surface area (Å²) in [6, 6.07) is 7.60. The smallest absolute Gasteiger partial charge is 0.125 e. The van der Waals surface area contributed by atoms with Gasteiger partial charge in [0.2, 0.25) is 0 Å². The molecule has 0 spiro atoms. The summed E-state index contributed by atoms with van der Waals surface area (Å²) in [6.07, 6.45) is 1.36. The number of benzene rings is 1. The van der Waals surface area contributed by atoms with Crippen molar-refractivity contribution in [3.05, 3.63) is 24.3 Å². The minimum atomic E-state index is -0.409. The van der Waals surface area contributed by atoms with E-state index in [-0.39, 0.29) is 11.5 Å². The van der Waals surface area contributed by atoms with Gasteiger partial charge in [-0.1, -0.05) is 19.9 Å². The van der Waals surface area contributed by atoms with Gasteiger partial charge in [0.15, 0.2) is 0 Å². The Hall–Kier alpha value is -1.22. The highest BCUT2D eigenvalue weighted by Gasteiger charge is 2.42. The summed E-state index contributed by atoms with van der Waals surface area (Å²) in [7, 11) is 0. The standard InChI is InChI=1S/C15H22O3/c1-4-17-11-6-5-7-12(10-11)18-13-8-9-15(2,3)14(13)16/h5-7,10,13-14,16H,4,8-9H2,1-3H3. The Kier molecular flexibility index (Phi) is 3.81. The van der Waals surface area contributed by atoms with Crippen molar-refractivity contribution in [2.75, 3.05) is 6.61 Å². The van der Waals surface area contributed by atoms with Crippen LogP contribution in [0.2, 0.25) is 0 Å². The highest BCUT2D eigenvalue weighted by Crippen LogP contribution is 2.39. The molecule has 0 saturated heterocycles. The molecule has 0 heterocycles. The first-order chi connectivity index (χ1) is 8.53. The van der Waals surface area contributed by atoms with Crippen LogP contribution in [0.1, 0.15) is 33.6 Å². The SMILES string of the molecule is CCOc1cccc(OC2CCC(C)(C)C2O)c1. The third kappa shape index (κ3) is 2.78. The van der Waals surface area contributed by atoms with Crippen molar-refractivity contribution in [2.24, 2.45) is 5.41 Å². The number of ether oxygens (including phenoxy) is 2. The van der Waals surface area contributed by atoms with Crippen molar-refractivity contribution in [3.8, 4) is 11.5 Å². The molecule has 18 heavy (non-hydrogen) atoms. The van der Waals surface area contributed by atoms with Crippen LogP contribution in [0.5, 0.6) is 11.5 Å². The molecule has 100 valence electrons. The van der Waals surface area contributed by atoms with Crippen molar-refractivity contribution < 1.29 is 14.6 Å². The Morgan fingerprint density at radius 3 is 2.67 bits per heavy atom. The zero-order valence-electron chi connectivity index (χ0n) is 11.3. The van der Waals surface area contributed by atoms with Crippen LogP contribution < -0.4 is 9.47 Å². The Bertz CT molecular complexity index is 400. The first-order valence-electron chi connectivity index (χ1n) is 6.60. The summed E-state index contributed by atoms with van der Waals surface area (Å²) in [5, 5.41) is 10.2. The van der Waals surface area contributed by atoms with Crippen molar-refractivity contribution in [1.29, 1.82) is 0 Å². The highest BCUT2D eigenvalue weighted by molar-refractivity contribution is 5.33. The third-order valence-corrected chi connectivity index (χ3v) is 3.63. The summed E-state index contributed by atoms with van der Waals surface area (Å²) in [5.41, 5.74) is -0.0534. The van der Waals surface area contributed by atoms with Crippen LogP contribution in [0.15, 0.2) is 24.3 Å². The lowest BCUT2D eigenvalue weighted by Gasteiger charge is -2.25. The molecular weight excluding hydrogens is 228 g/mol. The van der Waals surface area contributed by atoms with E-state index < -0.39 is 6.10 Å². The zero-order valence-corrected chi connectivity index (χ0v) is 11.3. The lowest BCUT2D eigenvalue weighted by Crippen LogP contribution is -2.34. The maximum Gasteiger partial charge on any atom is 0.125 e. The second kappa shape index (κ2) is 5.19. The molecule has 1 aromatic carbocycles. The predicted molar refractivity (Wildman–Crippen MR) is 71.0 cm³/mol. The van der Waals surface area contributed by atoms with E-state index in [2.05, 4.69) is 13.8 Å². The van der Waals surface area contributed by atoms with Gasteiger partial charge >= 0.3 is 0 Å². The van der Waals surface area contributed by atoms with Crippen LogP contribution >= 0.6 is 0 Å². The van der Waals surface area contributed by atoms with Gasteiger partial charge in [-0.3, -0.25) is 0 Å². The lowest BCUT2D eigenvalue weighted by atomic mass is 9.89. The first-order valence-corrected chi connectivity index (χ1v) is 6.60. The molecule has 0 aliphatic heterocycles. The molecule has 1 N–H and O–H groups in total. The molecule has 0 amide bonds. The molecule has 1 aliphatic rings. The van der Waals surface area contributed by atoms with Crippen molar-refractivity contribution in [2.45, 2.75) is 45.8 Å². The van der Waals surface area contributed by atoms with Gasteiger partial charge in [0, 0.05) is 6.07 Å². The Morgan fingerprint density at radius 2 is 2.06 bits per heavy atom. The molecule has 0 aromatic heterocycles. The van der Waals surface area contributed by atoms with Crippen molar-refractivity contribution >= 4 is 0 Å². The fourth-order valence-electron chi connectivity index (χ4n) is 2.43. The summed E-state index contributed by atoms with van der Waals surface area (Å²) in [5.74, 6) is 1.57. The third-order valence-electron chi connectivity index (χ3n) is 3.63. The Labute approximate surface area is 109 Å². The highest BCUT2D eigenvalue weighted by atomic mass is 16.5. The second-order valence-electron chi connectivity index (χ2n) is 5.54. The van der Waals surface area contributed by atoms with E-state index in [0.717, 1.165) is 24.3 Å². The fourth-order valence-corrected chi connectivity index (χ4v) is 2.43. The molecule has 1 aromatic rings. The van der Waals surface area contributed by atoms with Gasteiger partial charge < -0.3 is 14.6 Å². The largest absolute Gasteiger partial charge is 0.494 e. The van der Waals surface area contributed by atoms with E-state index in [1.165, 1.54) is 0 Å². The first kappa shape index (κ1) is 13.2. The van der Waals surface area contributed by atoms with Gasteiger partial charge in [-0.15, -0.1) is 0 Å². The molecule has 2 unspecified atom stereocenters. The summed E-state index contributed by atoms with van der Waals surface area (Å²) in [6.45, 7) is 6.76. The van der Waals surface area contributed by atoms with Gasteiger partial charge in [-0.05, 0) is 37.3 Å². The van der Waals surface area contributed by atoms with Crippen LogP contribution in [0, 0.1) is 5.41 Å². The molecule has 3 nitrogen and oxygen atoms in total. The lowest BCUT2D eigenvalue weighted by molar-refractivity contribution is 0.00485. The van der Waals surface area contributed by atoms with E-state index in [9.17, 15) is 5.11 Å². The van der Waals surface area contributed by atoms with E-state index in [4.69, 9.17) is 9.47 Å². The van der Waals surface area contributed by atoms with Gasteiger partial charge in [-0.2, -0.15) is 0 Å². The van der Waals surface area contributed by atoms with E-state index in [1.807, 2.05) is 31.2 Å².